The van der Waals surface area contributed by atoms with Crippen molar-refractivity contribution >= 4 is 11.6 Å². The summed E-state index contributed by atoms with van der Waals surface area (Å²) in [5.74, 6) is -0.169. The summed E-state index contributed by atoms with van der Waals surface area (Å²) in [4.78, 5) is 0. The summed E-state index contributed by atoms with van der Waals surface area (Å²) >= 11 is 5.62. The van der Waals surface area contributed by atoms with Crippen molar-refractivity contribution in [3.63, 3.8) is 0 Å². The molecule has 0 radical (unpaired) electrons. The van der Waals surface area contributed by atoms with E-state index in [2.05, 4.69) is 0 Å². The lowest BCUT2D eigenvalue weighted by atomic mass is 10.2. The van der Waals surface area contributed by atoms with Crippen molar-refractivity contribution in [2.24, 2.45) is 0 Å². The molecule has 0 bridgehead atoms. The van der Waals surface area contributed by atoms with Crippen LogP contribution in [0.4, 0.5) is 13.2 Å². The second kappa shape index (κ2) is 3.59. The first-order valence-electron chi connectivity index (χ1n) is 4.50. The van der Waals surface area contributed by atoms with Gasteiger partial charge in [0.15, 0.2) is 0 Å². The summed E-state index contributed by atoms with van der Waals surface area (Å²) in [6.07, 6.45) is -2.85. The first-order valence-corrected chi connectivity index (χ1v) is 4.88. The van der Waals surface area contributed by atoms with Crippen LogP contribution in [0.5, 0.6) is 5.75 Å². The fourth-order valence-corrected chi connectivity index (χ4v) is 1.36. The van der Waals surface area contributed by atoms with Gasteiger partial charge in [-0.3, -0.25) is 0 Å². The van der Waals surface area contributed by atoms with Gasteiger partial charge in [-0.2, -0.15) is 13.2 Å². The van der Waals surface area contributed by atoms with Crippen molar-refractivity contribution in [3.8, 4) is 5.75 Å². The Hall–Kier alpha value is -0.900. The lowest BCUT2D eigenvalue weighted by molar-refractivity contribution is -0.139. The fourth-order valence-electron chi connectivity index (χ4n) is 1.19. The molecule has 1 aromatic carbocycles. The molecule has 0 saturated heterocycles. The molecule has 0 aliphatic heterocycles. The first-order chi connectivity index (χ1) is 6.97. The van der Waals surface area contributed by atoms with Crippen LogP contribution in [-0.2, 0) is 6.18 Å². The number of hydrogen-bond acceptors (Lipinski definition) is 1. The van der Waals surface area contributed by atoms with Crippen molar-refractivity contribution in [1.29, 1.82) is 0 Å². The number of halogens is 4. The van der Waals surface area contributed by atoms with Crippen LogP contribution in [0.3, 0.4) is 0 Å². The molecular formula is C10H8ClF3O. The molecule has 1 saturated carbocycles. The van der Waals surface area contributed by atoms with E-state index in [9.17, 15) is 13.2 Å². The third-order valence-electron chi connectivity index (χ3n) is 2.07. The Labute approximate surface area is 89.8 Å². The molecule has 0 amide bonds. The second-order valence-electron chi connectivity index (χ2n) is 3.46. The fraction of sp³-hybridized carbons (Fsp3) is 0.400. The maximum absolute atomic E-state index is 12.5. The van der Waals surface area contributed by atoms with E-state index in [4.69, 9.17) is 16.3 Å². The Morgan fingerprint density at radius 1 is 1.27 bits per heavy atom. The Morgan fingerprint density at radius 3 is 2.47 bits per heavy atom. The maximum Gasteiger partial charge on any atom is 0.419 e. The van der Waals surface area contributed by atoms with Gasteiger partial charge >= 0.3 is 6.18 Å². The normalized spacial score (nSPS) is 16.5. The molecule has 0 aromatic heterocycles. The molecule has 0 unspecified atom stereocenters. The molecule has 1 aromatic rings. The molecule has 15 heavy (non-hydrogen) atoms. The molecule has 1 aliphatic rings. The summed E-state index contributed by atoms with van der Waals surface area (Å²) in [6, 6.07) is 3.37. The highest BCUT2D eigenvalue weighted by atomic mass is 35.5. The van der Waals surface area contributed by atoms with Crippen molar-refractivity contribution < 1.29 is 17.9 Å². The smallest absolute Gasteiger partial charge is 0.419 e. The number of benzene rings is 1. The molecule has 0 atom stereocenters. The molecule has 0 spiro atoms. The maximum atomic E-state index is 12.5. The zero-order valence-corrected chi connectivity index (χ0v) is 8.40. The molecule has 0 N–H and O–H groups in total. The first kappa shape index (κ1) is 10.6. The minimum Gasteiger partial charge on any atom is -0.490 e. The summed E-state index contributed by atoms with van der Waals surface area (Å²) in [5, 5.41) is 0.249. The van der Waals surface area contributed by atoms with Gasteiger partial charge in [0.05, 0.1) is 11.7 Å². The largest absolute Gasteiger partial charge is 0.490 e. The van der Waals surface area contributed by atoms with Crippen LogP contribution in [0, 0.1) is 0 Å². The van der Waals surface area contributed by atoms with Crippen LogP contribution in [-0.4, -0.2) is 6.10 Å². The van der Waals surface area contributed by atoms with E-state index >= 15 is 0 Å². The van der Waals surface area contributed by atoms with Gasteiger partial charge in [-0.05, 0) is 31.0 Å². The van der Waals surface area contributed by atoms with Crippen LogP contribution in [0.2, 0.25) is 5.02 Å². The summed E-state index contributed by atoms with van der Waals surface area (Å²) in [5.41, 5.74) is -0.765. The third kappa shape index (κ3) is 2.56. The number of rotatable bonds is 2. The van der Waals surface area contributed by atoms with E-state index in [-0.39, 0.29) is 16.9 Å². The van der Waals surface area contributed by atoms with Crippen molar-refractivity contribution in [1.82, 2.24) is 0 Å². The predicted octanol–water partition coefficient (Wildman–Crippen LogP) is 3.90. The predicted molar refractivity (Wildman–Crippen MR) is 50.1 cm³/mol. The Bertz CT molecular complexity index is 371. The lowest BCUT2D eigenvalue weighted by Crippen LogP contribution is -2.09. The summed E-state index contributed by atoms with van der Waals surface area (Å²) < 4.78 is 42.7. The summed E-state index contributed by atoms with van der Waals surface area (Å²) in [6.45, 7) is 0. The zero-order chi connectivity index (χ0) is 11.1. The van der Waals surface area contributed by atoms with Crippen LogP contribution < -0.4 is 4.74 Å². The molecule has 1 aliphatic carbocycles. The number of alkyl halides is 3. The minimum absolute atomic E-state index is 0.0791. The Morgan fingerprint density at radius 2 is 1.93 bits per heavy atom. The highest BCUT2D eigenvalue weighted by Crippen LogP contribution is 2.39. The van der Waals surface area contributed by atoms with Gasteiger partial charge < -0.3 is 4.74 Å². The number of ether oxygens (including phenoxy) is 1. The minimum atomic E-state index is -4.39. The van der Waals surface area contributed by atoms with Gasteiger partial charge in [0.2, 0.25) is 0 Å². The molecule has 5 heteroatoms. The third-order valence-corrected chi connectivity index (χ3v) is 2.30. The lowest BCUT2D eigenvalue weighted by Gasteiger charge is -2.13. The number of hydrogen-bond donors (Lipinski definition) is 0. The monoisotopic (exact) mass is 236 g/mol. The highest BCUT2D eigenvalue weighted by Gasteiger charge is 2.36. The van der Waals surface area contributed by atoms with E-state index in [1.54, 1.807) is 0 Å². The highest BCUT2D eigenvalue weighted by molar-refractivity contribution is 6.30. The topological polar surface area (TPSA) is 9.23 Å². The van der Waals surface area contributed by atoms with Crippen LogP contribution in [0.25, 0.3) is 0 Å². The van der Waals surface area contributed by atoms with Gasteiger partial charge in [-0.15, -0.1) is 0 Å². The van der Waals surface area contributed by atoms with Crippen molar-refractivity contribution in [3.05, 3.63) is 28.8 Å². The standard InChI is InChI=1S/C10H8ClF3O/c11-6-1-4-8(10(12,13)14)9(5-6)15-7-2-3-7/h1,4-5,7H,2-3H2. The molecule has 1 fully saturated rings. The average molecular weight is 237 g/mol. The Balaban J connectivity index is 2.34. The Kier molecular flexibility index (Phi) is 2.54. The van der Waals surface area contributed by atoms with Gasteiger partial charge in [0, 0.05) is 5.02 Å². The van der Waals surface area contributed by atoms with E-state index in [0.29, 0.717) is 0 Å². The average Bonchev–Trinajstić information content (AvgIpc) is 2.85. The molecule has 82 valence electrons. The molecule has 2 rings (SSSR count). The quantitative estimate of drug-likeness (QED) is 0.757. The molecule has 1 nitrogen and oxygen atoms in total. The van der Waals surface area contributed by atoms with Gasteiger partial charge in [-0.1, -0.05) is 11.6 Å². The SMILES string of the molecule is FC(F)(F)c1ccc(Cl)cc1OC1CC1. The van der Waals surface area contributed by atoms with Crippen LogP contribution in [0.1, 0.15) is 18.4 Å². The molecular weight excluding hydrogens is 229 g/mol. The van der Waals surface area contributed by atoms with Gasteiger partial charge in [-0.25, -0.2) is 0 Å². The molecule has 0 heterocycles. The van der Waals surface area contributed by atoms with E-state index < -0.39 is 11.7 Å². The van der Waals surface area contributed by atoms with Gasteiger partial charge in [0.1, 0.15) is 5.75 Å². The van der Waals surface area contributed by atoms with Crippen LogP contribution in [0.15, 0.2) is 18.2 Å². The van der Waals surface area contributed by atoms with Crippen molar-refractivity contribution in [2.45, 2.75) is 25.1 Å². The van der Waals surface area contributed by atoms with Crippen LogP contribution >= 0.6 is 11.6 Å². The van der Waals surface area contributed by atoms with E-state index in [1.807, 2.05) is 0 Å². The van der Waals surface area contributed by atoms with E-state index in [0.717, 1.165) is 18.9 Å². The second-order valence-corrected chi connectivity index (χ2v) is 3.89. The van der Waals surface area contributed by atoms with Crippen molar-refractivity contribution in [2.75, 3.05) is 0 Å². The summed E-state index contributed by atoms with van der Waals surface area (Å²) in [7, 11) is 0. The zero-order valence-electron chi connectivity index (χ0n) is 7.64. The van der Waals surface area contributed by atoms with E-state index in [1.165, 1.54) is 12.1 Å². The van der Waals surface area contributed by atoms with Gasteiger partial charge in [0.25, 0.3) is 0 Å².